The summed E-state index contributed by atoms with van der Waals surface area (Å²) in [4.78, 5) is 13.1. The number of hydrogen-bond donors (Lipinski definition) is 2. The highest BCUT2D eigenvalue weighted by Crippen LogP contribution is 2.25. The molecule has 0 saturated carbocycles. The van der Waals surface area contributed by atoms with Crippen LogP contribution in [0.2, 0.25) is 0 Å². The van der Waals surface area contributed by atoms with Crippen LogP contribution in [0.4, 0.5) is 0 Å². The zero-order valence-electron chi connectivity index (χ0n) is 20.8. The fourth-order valence-corrected chi connectivity index (χ4v) is 5.43. The topological polar surface area (TPSA) is 84.5 Å². The van der Waals surface area contributed by atoms with E-state index in [-0.39, 0.29) is 23.1 Å². The lowest BCUT2D eigenvalue weighted by molar-refractivity contribution is 0.0956. The van der Waals surface area contributed by atoms with E-state index in [0.717, 1.165) is 54.8 Å². The molecule has 2 N–H and O–H groups in total. The molecule has 1 aliphatic heterocycles. The number of benzene rings is 3. The first-order valence-corrected chi connectivity index (χ1v) is 14.2. The summed E-state index contributed by atoms with van der Waals surface area (Å²) in [6.07, 6.45) is 3.82. The van der Waals surface area contributed by atoms with Gasteiger partial charge in [-0.2, -0.15) is 0 Å². The van der Waals surface area contributed by atoms with Crippen LogP contribution >= 0.6 is 0 Å². The quantitative estimate of drug-likeness (QED) is 0.534. The number of carbonyl (C=O) groups is 1. The second-order valence-corrected chi connectivity index (χ2v) is 11.4. The summed E-state index contributed by atoms with van der Waals surface area (Å²) < 4.78 is 31.3. The number of rotatable bonds is 5. The second kappa shape index (κ2) is 12.2. The van der Waals surface area contributed by atoms with Crippen molar-refractivity contribution in [2.75, 3.05) is 25.4 Å². The summed E-state index contributed by atoms with van der Waals surface area (Å²) in [5.74, 6) is 0.333. The molecule has 1 aliphatic rings. The van der Waals surface area contributed by atoms with Gasteiger partial charge < -0.3 is 15.4 Å². The fraction of sp³-hybridized carbons (Fsp3) is 0.345. The van der Waals surface area contributed by atoms with Crippen molar-refractivity contribution in [2.24, 2.45) is 0 Å². The van der Waals surface area contributed by atoms with Gasteiger partial charge >= 0.3 is 0 Å². The molecule has 3 aromatic carbocycles. The molecule has 0 spiro atoms. The van der Waals surface area contributed by atoms with E-state index < -0.39 is 9.84 Å². The summed E-state index contributed by atoms with van der Waals surface area (Å²) in [6.45, 7) is 4.41. The summed E-state index contributed by atoms with van der Waals surface area (Å²) >= 11 is 0. The van der Waals surface area contributed by atoms with E-state index in [1.54, 1.807) is 30.3 Å². The Hall–Kier alpha value is -3.16. The van der Waals surface area contributed by atoms with Gasteiger partial charge in [0.1, 0.15) is 5.75 Å². The van der Waals surface area contributed by atoms with E-state index in [0.29, 0.717) is 18.6 Å². The van der Waals surface area contributed by atoms with Gasteiger partial charge in [-0.05, 0) is 79.8 Å². The number of hydrogen-bond acceptors (Lipinski definition) is 5. The third-order valence-electron chi connectivity index (χ3n) is 6.33. The van der Waals surface area contributed by atoms with Crippen molar-refractivity contribution in [3.8, 4) is 5.75 Å². The first-order chi connectivity index (χ1) is 17.4. The molecule has 7 heteroatoms. The Labute approximate surface area is 214 Å². The van der Waals surface area contributed by atoms with Crippen LogP contribution in [-0.2, 0) is 22.8 Å². The molecule has 2 bridgehead atoms. The second-order valence-electron chi connectivity index (χ2n) is 9.29. The number of ether oxygens (including phenoxy) is 1. The van der Waals surface area contributed by atoms with Gasteiger partial charge in [0, 0.05) is 25.1 Å². The molecule has 0 aromatic heterocycles. The highest BCUT2D eigenvalue weighted by atomic mass is 32.2. The fourth-order valence-electron chi connectivity index (χ4n) is 4.28. The molecule has 36 heavy (non-hydrogen) atoms. The lowest BCUT2D eigenvalue weighted by atomic mass is 9.99. The van der Waals surface area contributed by atoms with E-state index >= 15 is 0 Å². The first kappa shape index (κ1) is 25.9. The van der Waals surface area contributed by atoms with Gasteiger partial charge in [0.05, 0.1) is 17.3 Å². The summed E-state index contributed by atoms with van der Waals surface area (Å²) in [6, 6.07) is 20.7. The molecule has 0 fully saturated rings. The Balaban J connectivity index is 1.46. The third kappa shape index (κ3) is 7.18. The van der Waals surface area contributed by atoms with Crippen LogP contribution < -0.4 is 15.4 Å². The molecule has 0 radical (unpaired) electrons. The predicted octanol–water partition coefficient (Wildman–Crippen LogP) is 4.44. The van der Waals surface area contributed by atoms with Crippen LogP contribution in [0.25, 0.3) is 0 Å². The van der Waals surface area contributed by atoms with E-state index in [1.807, 2.05) is 19.1 Å². The molecule has 6 nitrogen and oxygen atoms in total. The Morgan fingerprint density at radius 3 is 2.61 bits per heavy atom. The first-order valence-electron chi connectivity index (χ1n) is 12.5. The van der Waals surface area contributed by atoms with Crippen molar-refractivity contribution < 1.29 is 17.9 Å². The molecule has 1 amide bonds. The van der Waals surface area contributed by atoms with Crippen molar-refractivity contribution in [3.63, 3.8) is 0 Å². The molecule has 4 rings (SSSR count). The molecular weight excluding hydrogens is 472 g/mol. The SMILES string of the molecule is Cc1ccc(S(=O)(=O)CCNC(=O)c2ccc3c(c2)Cc2cccc(c2)CNCCCCCO3)cc1. The van der Waals surface area contributed by atoms with Crippen molar-refractivity contribution in [3.05, 3.63) is 94.5 Å². The van der Waals surface area contributed by atoms with E-state index in [4.69, 9.17) is 4.74 Å². The van der Waals surface area contributed by atoms with Gasteiger partial charge in [-0.1, -0.05) is 42.0 Å². The Bertz CT molecular complexity index is 1290. The summed E-state index contributed by atoms with van der Waals surface area (Å²) in [5, 5.41) is 6.26. The van der Waals surface area contributed by atoms with E-state index in [1.165, 1.54) is 5.56 Å². The van der Waals surface area contributed by atoms with Gasteiger partial charge in [0.15, 0.2) is 9.84 Å². The Morgan fingerprint density at radius 1 is 0.972 bits per heavy atom. The Morgan fingerprint density at radius 2 is 1.78 bits per heavy atom. The summed E-state index contributed by atoms with van der Waals surface area (Å²) in [5.41, 5.74) is 4.81. The zero-order chi connectivity index (χ0) is 25.4. The van der Waals surface area contributed by atoms with Crippen LogP contribution in [-0.4, -0.2) is 39.8 Å². The van der Waals surface area contributed by atoms with Gasteiger partial charge in [-0.15, -0.1) is 0 Å². The third-order valence-corrected chi connectivity index (χ3v) is 8.06. The lowest BCUT2D eigenvalue weighted by Crippen LogP contribution is -2.29. The predicted molar refractivity (Wildman–Crippen MR) is 142 cm³/mol. The smallest absolute Gasteiger partial charge is 0.251 e. The maximum atomic E-state index is 12.9. The maximum absolute atomic E-state index is 12.9. The minimum Gasteiger partial charge on any atom is -0.493 e. The van der Waals surface area contributed by atoms with Gasteiger partial charge in [0.25, 0.3) is 5.91 Å². The van der Waals surface area contributed by atoms with Crippen LogP contribution in [0.3, 0.4) is 0 Å². The molecule has 3 aromatic rings. The number of nitrogens with one attached hydrogen (secondary N) is 2. The normalized spacial score (nSPS) is 14.7. The van der Waals surface area contributed by atoms with Crippen molar-refractivity contribution in [1.82, 2.24) is 10.6 Å². The molecule has 0 saturated heterocycles. The number of aryl methyl sites for hydroxylation is 1. The van der Waals surface area contributed by atoms with E-state index in [2.05, 4.69) is 34.9 Å². The van der Waals surface area contributed by atoms with Crippen molar-refractivity contribution >= 4 is 15.7 Å². The Kier molecular flexibility index (Phi) is 8.78. The minimum absolute atomic E-state index is 0.0394. The van der Waals surface area contributed by atoms with Gasteiger partial charge in [-0.25, -0.2) is 8.42 Å². The van der Waals surface area contributed by atoms with Crippen LogP contribution in [0, 0.1) is 6.92 Å². The maximum Gasteiger partial charge on any atom is 0.251 e. The van der Waals surface area contributed by atoms with E-state index in [9.17, 15) is 13.2 Å². The summed E-state index contributed by atoms with van der Waals surface area (Å²) in [7, 11) is -3.47. The number of amides is 1. The number of carbonyl (C=O) groups excluding carboxylic acids is 1. The average molecular weight is 507 g/mol. The highest BCUT2D eigenvalue weighted by molar-refractivity contribution is 7.91. The lowest BCUT2D eigenvalue weighted by Gasteiger charge is -2.15. The largest absolute Gasteiger partial charge is 0.493 e. The van der Waals surface area contributed by atoms with Crippen LogP contribution in [0.15, 0.2) is 71.6 Å². The highest BCUT2D eigenvalue weighted by Gasteiger charge is 2.16. The molecule has 190 valence electrons. The van der Waals surface area contributed by atoms with Crippen LogP contribution in [0.5, 0.6) is 5.75 Å². The average Bonchev–Trinajstić information content (AvgIpc) is 2.86. The number of sulfone groups is 1. The standard InChI is InChI=1S/C29H34N2O4S/c1-22-8-11-27(12-9-22)36(33,34)17-15-31-29(32)25-10-13-28-26(20-25)19-23-6-5-7-24(18-23)21-30-14-3-2-4-16-35-28/h5-13,18,20,30H,2-4,14-17,19,21H2,1H3,(H,31,32). The molecule has 0 unspecified atom stereocenters. The molecule has 1 heterocycles. The molecule has 0 atom stereocenters. The monoisotopic (exact) mass is 506 g/mol. The van der Waals surface area contributed by atoms with Gasteiger partial charge in [0.2, 0.25) is 0 Å². The zero-order valence-corrected chi connectivity index (χ0v) is 21.6. The molecular formula is C29H34N2O4S. The van der Waals surface area contributed by atoms with Crippen LogP contribution in [0.1, 0.15) is 51.9 Å². The minimum atomic E-state index is -3.47. The number of fused-ring (bicyclic) bond motifs is 3. The molecule has 0 aliphatic carbocycles. The van der Waals surface area contributed by atoms with Crippen molar-refractivity contribution in [1.29, 1.82) is 0 Å². The van der Waals surface area contributed by atoms with Crippen molar-refractivity contribution in [2.45, 2.75) is 44.0 Å². The van der Waals surface area contributed by atoms with Gasteiger partial charge in [-0.3, -0.25) is 4.79 Å².